The quantitative estimate of drug-likeness (QED) is 0.335. The smallest absolute Gasteiger partial charge is 0.303 e. The molecule has 0 amide bonds. The first kappa shape index (κ1) is 24.0. The standard InChI is InChI=1S/C21H13Cl3N4O6/c1-2-15-25-14-9-12(28(33)34)6-7-13(14)21(30)19(17(23)16(22)18(24)20(21)29)26(15)10-4-3-5-11(8-10)27(31)32/h3-9,13H,2H2,1H3. The molecule has 0 radical (unpaired) electrons. The van der Waals surface area contributed by atoms with Gasteiger partial charge in [0.05, 0.1) is 33.4 Å². The zero-order valence-corrected chi connectivity index (χ0v) is 19.5. The Bertz CT molecular complexity index is 1370. The van der Waals surface area contributed by atoms with Crippen molar-refractivity contribution >= 4 is 63.5 Å². The summed E-state index contributed by atoms with van der Waals surface area (Å²) < 4.78 is 1.24. The first-order valence-electron chi connectivity index (χ1n) is 9.76. The van der Waals surface area contributed by atoms with Gasteiger partial charge in [0.2, 0.25) is 0 Å². The maximum atomic E-state index is 14.5. The van der Waals surface area contributed by atoms with Crippen LogP contribution in [0.1, 0.15) is 13.3 Å². The molecule has 1 heterocycles. The maximum Gasteiger partial charge on any atom is 0.303 e. The van der Waals surface area contributed by atoms with Crippen LogP contribution in [0.5, 0.6) is 0 Å². The van der Waals surface area contributed by atoms with Crippen molar-refractivity contribution in [1.29, 1.82) is 0 Å². The van der Waals surface area contributed by atoms with E-state index in [2.05, 4.69) is 4.99 Å². The number of nitro groups is 2. The number of benzene rings is 1. The lowest BCUT2D eigenvalue weighted by molar-refractivity contribution is -0.509. The topological polar surface area (TPSA) is 142 Å². The molecule has 0 aromatic heterocycles. The molecule has 13 heteroatoms. The SMILES string of the molecule is CCC1=[N+](c2cccc([N+](=O)[O-])c2)C2=C(Cl)C(Cl)=C(Cl)C(=O)C2([O-])C2C=CC([N+](=O)[O-])=CC2=N1. The summed E-state index contributed by atoms with van der Waals surface area (Å²) in [5.74, 6) is -2.27. The van der Waals surface area contributed by atoms with Crippen LogP contribution in [0.4, 0.5) is 11.4 Å². The molecule has 1 aromatic rings. The number of amidine groups is 1. The summed E-state index contributed by atoms with van der Waals surface area (Å²) in [5.41, 5.74) is -3.59. The summed E-state index contributed by atoms with van der Waals surface area (Å²) in [4.78, 5) is 39.3. The van der Waals surface area contributed by atoms with Gasteiger partial charge >= 0.3 is 5.84 Å². The number of rotatable bonds is 4. The van der Waals surface area contributed by atoms with Crippen LogP contribution in [0.25, 0.3) is 0 Å². The fourth-order valence-corrected chi connectivity index (χ4v) is 4.80. The van der Waals surface area contributed by atoms with Crippen LogP contribution < -0.4 is 5.11 Å². The highest BCUT2D eigenvalue weighted by Crippen LogP contribution is 2.47. The van der Waals surface area contributed by atoms with E-state index in [0.717, 1.165) is 12.2 Å². The number of hydrogen-bond donors (Lipinski definition) is 0. The van der Waals surface area contributed by atoms with Crippen LogP contribution in [0.3, 0.4) is 0 Å². The molecule has 0 spiro atoms. The van der Waals surface area contributed by atoms with E-state index in [-0.39, 0.29) is 50.8 Å². The van der Waals surface area contributed by atoms with Gasteiger partial charge in [-0.25, -0.2) is 0 Å². The van der Waals surface area contributed by atoms with Gasteiger partial charge in [0.15, 0.2) is 11.5 Å². The molecule has 0 bridgehead atoms. The van der Waals surface area contributed by atoms with Gasteiger partial charge in [0.25, 0.3) is 11.4 Å². The Morgan fingerprint density at radius 2 is 1.82 bits per heavy atom. The Hall–Kier alpha value is -3.18. The molecule has 4 rings (SSSR count). The third-order valence-electron chi connectivity index (χ3n) is 5.56. The third-order valence-corrected chi connectivity index (χ3v) is 6.86. The zero-order chi connectivity index (χ0) is 24.9. The molecule has 2 aliphatic carbocycles. The minimum absolute atomic E-state index is 0.0493. The van der Waals surface area contributed by atoms with E-state index in [1.54, 1.807) is 6.92 Å². The predicted molar refractivity (Wildman–Crippen MR) is 123 cm³/mol. The number of Topliss-reactive ketones (excluding diaryl/α,β-unsaturated/α-hetero) is 1. The maximum absolute atomic E-state index is 14.5. The second kappa shape index (κ2) is 8.55. The van der Waals surface area contributed by atoms with Crippen LogP contribution in [-0.4, -0.2) is 37.4 Å². The minimum atomic E-state index is -2.72. The van der Waals surface area contributed by atoms with E-state index in [1.807, 2.05) is 0 Å². The van der Waals surface area contributed by atoms with Gasteiger partial charge in [-0.1, -0.05) is 53.9 Å². The van der Waals surface area contributed by atoms with Crippen molar-refractivity contribution in [2.45, 2.75) is 18.9 Å². The van der Waals surface area contributed by atoms with Gasteiger partial charge in [0.1, 0.15) is 21.4 Å². The molecule has 1 aromatic carbocycles. The summed E-state index contributed by atoms with van der Waals surface area (Å²) in [6.07, 6.45) is 3.57. The van der Waals surface area contributed by atoms with Crippen LogP contribution in [0.2, 0.25) is 0 Å². The highest BCUT2D eigenvalue weighted by atomic mass is 35.5. The average molecular weight is 524 g/mol. The molecule has 10 nitrogen and oxygen atoms in total. The third kappa shape index (κ3) is 3.50. The summed E-state index contributed by atoms with van der Waals surface area (Å²) in [7, 11) is 0. The van der Waals surface area contributed by atoms with E-state index in [9.17, 15) is 30.1 Å². The van der Waals surface area contributed by atoms with Crippen molar-refractivity contribution in [3.63, 3.8) is 0 Å². The number of ketones is 1. The van der Waals surface area contributed by atoms with Crippen molar-refractivity contribution in [3.8, 4) is 0 Å². The monoisotopic (exact) mass is 522 g/mol. The fourth-order valence-electron chi connectivity index (χ4n) is 4.02. The molecule has 0 saturated carbocycles. The molecule has 2 unspecified atom stereocenters. The molecule has 3 aliphatic rings. The lowest BCUT2D eigenvalue weighted by Crippen LogP contribution is -2.62. The molecule has 0 N–H and O–H groups in total. The lowest BCUT2D eigenvalue weighted by atomic mass is 9.74. The van der Waals surface area contributed by atoms with Gasteiger partial charge in [0, 0.05) is 23.7 Å². The summed E-state index contributed by atoms with van der Waals surface area (Å²) >= 11 is 18.8. The Morgan fingerprint density at radius 1 is 1.12 bits per heavy atom. The number of aliphatic imine (C=N–C) groups is 1. The number of non-ortho nitro benzene ring substituents is 1. The lowest BCUT2D eigenvalue weighted by Gasteiger charge is -2.45. The highest BCUT2D eigenvalue weighted by molar-refractivity contribution is 6.55. The van der Waals surface area contributed by atoms with Crippen LogP contribution >= 0.6 is 34.8 Å². The van der Waals surface area contributed by atoms with E-state index < -0.39 is 32.2 Å². The van der Waals surface area contributed by atoms with Gasteiger partial charge in [-0.05, 0) is 11.1 Å². The van der Waals surface area contributed by atoms with Gasteiger partial charge in [-0.15, -0.1) is 0 Å². The first-order valence-corrected chi connectivity index (χ1v) is 10.9. The Kier molecular flexibility index (Phi) is 6.03. The number of halogens is 3. The Morgan fingerprint density at radius 3 is 2.44 bits per heavy atom. The van der Waals surface area contributed by atoms with E-state index in [1.165, 1.54) is 34.9 Å². The second-order valence-corrected chi connectivity index (χ2v) is 8.57. The Labute approximate surface area is 206 Å². The van der Waals surface area contributed by atoms with Crippen LogP contribution in [0, 0.1) is 26.1 Å². The minimum Gasteiger partial charge on any atom is -0.837 e. The van der Waals surface area contributed by atoms with E-state index in [4.69, 9.17) is 34.8 Å². The largest absolute Gasteiger partial charge is 0.837 e. The van der Waals surface area contributed by atoms with Gasteiger partial charge < -0.3 is 5.11 Å². The van der Waals surface area contributed by atoms with Crippen molar-refractivity contribution in [2.24, 2.45) is 10.9 Å². The average Bonchev–Trinajstić information content (AvgIpc) is 2.93. The summed E-state index contributed by atoms with van der Waals surface area (Å²) in [6.45, 7) is 1.69. The number of carbonyl (C=O) groups excluding carboxylic acids is 1. The summed E-state index contributed by atoms with van der Waals surface area (Å²) in [6, 6.07) is 5.31. The summed E-state index contributed by atoms with van der Waals surface area (Å²) in [5, 5.41) is 36.0. The van der Waals surface area contributed by atoms with Crippen molar-refractivity contribution in [3.05, 3.63) is 89.2 Å². The number of allylic oxidation sites excluding steroid dienone is 4. The number of carbonyl (C=O) groups is 1. The van der Waals surface area contributed by atoms with Crippen LogP contribution in [-0.2, 0) is 4.79 Å². The Balaban J connectivity index is 2.14. The van der Waals surface area contributed by atoms with Crippen molar-refractivity contribution < 1.29 is 24.3 Å². The van der Waals surface area contributed by atoms with Gasteiger partial charge in [-0.2, -0.15) is 4.58 Å². The molecule has 2 atom stereocenters. The highest BCUT2D eigenvalue weighted by Gasteiger charge is 2.53. The molecule has 174 valence electrons. The molecular formula is C21H13Cl3N4O6. The number of nitro benzene ring substituents is 1. The number of fused-ring (bicyclic) bond motifs is 3. The number of nitrogens with zero attached hydrogens (tertiary/aromatic N) is 4. The predicted octanol–water partition coefficient (Wildman–Crippen LogP) is 3.67. The second-order valence-electron chi connectivity index (χ2n) is 7.44. The van der Waals surface area contributed by atoms with E-state index in [0.29, 0.717) is 0 Å². The molecule has 1 aliphatic heterocycles. The van der Waals surface area contributed by atoms with E-state index >= 15 is 0 Å². The van der Waals surface area contributed by atoms with Gasteiger partial charge in [-0.3, -0.25) is 25.0 Å². The van der Waals surface area contributed by atoms with Crippen LogP contribution in [0.15, 0.2) is 74.0 Å². The number of hydrogen-bond acceptors (Lipinski definition) is 7. The zero-order valence-electron chi connectivity index (χ0n) is 17.2. The normalized spacial score (nSPS) is 24.4. The molecular weight excluding hydrogens is 511 g/mol. The molecule has 34 heavy (non-hydrogen) atoms. The fraction of sp³-hybridized carbons (Fsp3) is 0.190. The molecule has 0 saturated heterocycles. The van der Waals surface area contributed by atoms with Crippen molar-refractivity contribution in [2.75, 3.05) is 0 Å². The molecule has 0 fully saturated rings. The first-order chi connectivity index (χ1) is 16.0. The van der Waals surface area contributed by atoms with Crippen molar-refractivity contribution in [1.82, 2.24) is 0 Å².